The van der Waals surface area contributed by atoms with Crippen molar-refractivity contribution in [2.45, 2.75) is 37.9 Å². The molecule has 0 aliphatic heterocycles. The summed E-state index contributed by atoms with van der Waals surface area (Å²) >= 11 is 1.40. The van der Waals surface area contributed by atoms with Crippen LogP contribution < -0.4 is 5.32 Å². The number of unbranched alkanes of at least 4 members (excludes halogenated alkanes) is 2. The molecule has 1 aromatic carbocycles. The fourth-order valence-corrected chi connectivity index (χ4v) is 3.05. The molecule has 128 valence electrons. The van der Waals surface area contributed by atoms with Crippen molar-refractivity contribution >= 4 is 17.7 Å². The number of carbonyl (C=O) groups excluding carboxylic acids is 1. The van der Waals surface area contributed by atoms with Crippen molar-refractivity contribution in [3.05, 3.63) is 43.0 Å². The van der Waals surface area contributed by atoms with Crippen molar-refractivity contribution in [1.82, 2.24) is 20.1 Å². The molecule has 0 spiro atoms. The first-order valence-corrected chi connectivity index (χ1v) is 9.23. The van der Waals surface area contributed by atoms with Crippen molar-refractivity contribution in [3.8, 4) is 11.4 Å². The summed E-state index contributed by atoms with van der Waals surface area (Å²) in [5.41, 5.74) is 1.00. The first-order valence-electron chi connectivity index (χ1n) is 8.25. The molecule has 2 rings (SSSR count). The number of hydrogen-bond acceptors (Lipinski definition) is 4. The predicted molar refractivity (Wildman–Crippen MR) is 98.9 cm³/mol. The van der Waals surface area contributed by atoms with E-state index in [1.165, 1.54) is 11.8 Å². The zero-order valence-electron chi connectivity index (χ0n) is 14.1. The van der Waals surface area contributed by atoms with E-state index in [0.717, 1.165) is 42.4 Å². The lowest BCUT2D eigenvalue weighted by Gasteiger charge is -2.08. The summed E-state index contributed by atoms with van der Waals surface area (Å²) in [4.78, 5) is 11.9. The SMILES string of the molecule is C=CCn1c(SCC(=O)NCCCCC)nnc1-c1ccccc1. The third-order valence-electron chi connectivity index (χ3n) is 3.50. The van der Waals surface area contributed by atoms with Gasteiger partial charge in [-0.1, -0.05) is 67.9 Å². The van der Waals surface area contributed by atoms with Gasteiger partial charge in [-0.05, 0) is 6.42 Å². The maximum Gasteiger partial charge on any atom is 0.230 e. The Balaban J connectivity index is 1.99. The highest BCUT2D eigenvalue weighted by Gasteiger charge is 2.14. The fourth-order valence-electron chi connectivity index (χ4n) is 2.27. The number of benzene rings is 1. The molecule has 1 aromatic heterocycles. The quantitative estimate of drug-likeness (QED) is 0.407. The molecule has 0 aliphatic rings. The monoisotopic (exact) mass is 344 g/mol. The zero-order chi connectivity index (χ0) is 17.2. The first kappa shape index (κ1) is 18.3. The lowest BCUT2D eigenvalue weighted by atomic mass is 10.2. The number of allylic oxidation sites excluding steroid dienone is 1. The van der Waals surface area contributed by atoms with Crippen molar-refractivity contribution in [2.24, 2.45) is 0 Å². The van der Waals surface area contributed by atoms with E-state index in [4.69, 9.17) is 0 Å². The highest BCUT2D eigenvalue weighted by Crippen LogP contribution is 2.23. The lowest BCUT2D eigenvalue weighted by Crippen LogP contribution is -2.26. The van der Waals surface area contributed by atoms with E-state index in [2.05, 4.69) is 29.0 Å². The Morgan fingerprint density at radius 1 is 1.29 bits per heavy atom. The second-order valence-corrected chi connectivity index (χ2v) is 6.36. The van der Waals surface area contributed by atoms with Gasteiger partial charge in [-0.25, -0.2) is 0 Å². The normalized spacial score (nSPS) is 10.5. The molecule has 6 heteroatoms. The van der Waals surface area contributed by atoms with Crippen LogP contribution in [-0.4, -0.2) is 33.0 Å². The minimum atomic E-state index is 0.0329. The van der Waals surface area contributed by atoms with Crippen LogP contribution in [0.2, 0.25) is 0 Å². The van der Waals surface area contributed by atoms with Gasteiger partial charge in [0.25, 0.3) is 0 Å². The second-order valence-electron chi connectivity index (χ2n) is 5.42. The fraction of sp³-hybridized carbons (Fsp3) is 0.389. The van der Waals surface area contributed by atoms with Crippen LogP contribution in [0.5, 0.6) is 0 Å². The topological polar surface area (TPSA) is 59.8 Å². The Morgan fingerprint density at radius 3 is 2.79 bits per heavy atom. The summed E-state index contributed by atoms with van der Waals surface area (Å²) in [6.45, 7) is 7.29. The molecular formula is C18H24N4OS. The molecule has 1 N–H and O–H groups in total. The van der Waals surface area contributed by atoms with Gasteiger partial charge in [0.05, 0.1) is 5.75 Å². The Hall–Kier alpha value is -2.08. The Morgan fingerprint density at radius 2 is 2.08 bits per heavy atom. The maximum atomic E-state index is 11.9. The van der Waals surface area contributed by atoms with Gasteiger partial charge < -0.3 is 5.32 Å². The maximum absolute atomic E-state index is 11.9. The number of aromatic nitrogens is 3. The smallest absolute Gasteiger partial charge is 0.230 e. The summed E-state index contributed by atoms with van der Waals surface area (Å²) in [5.74, 6) is 1.17. The van der Waals surface area contributed by atoms with Gasteiger partial charge in [0.2, 0.25) is 5.91 Å². The summed E-state index contributed by atoms with van der Waals surface area (Å²) in [6, 6.07) is 9.91. The molecule has 0 atom stereocenters. The molecule has 0 bridgehead atoms. The van der Waals surface area contributed by atoms with E-state index in [-0.39, 0.29) is 5.91 Å². The van der Waals surface area contributed by atoms with Crippen molar-refractivity contribution < 1.29 is 4.79 Å². The van der Waals surface area contributed by atoms with Crippen LogP contribution in [-0.2, 0) is 11.3 Å². The first-order chi connectivity index (χ1) is 11.8. The van der Waals surface area contributed by atoms with Crippen molar-refractivity contribution in [1.29, 1.82) is 0 Å². The van der Waals surface area contributed by atoms with Gasteiger partial charge in [-0.3, -0.25) is 9.36 Å². The number of nitrogens with one attached hydrogen (secondary N) is 1. The van der Waals surface area contributed by atoms with Crippen LogP contribution in [0.25, 0.3) is 11.4 Å². The molecule has 0 unspecified atom stereocenters. The second kappa shape index (κ2) is 9.93. The van der Waals surface area contributed by atoms with Crippen LogP contribution in [0.1, 0.15) is 26.2 Å². The van der Waals surface area contributed by atoms with E-state index in [1.807, 2.05) is 41.0 Å². The van der Waals surface area contributed by atoms with Gasteiger partial charge in [0.15, 0.2) is 11.0 Å². The van der Waals surface area contributed by atoms with Gasteiger partial charge in [-0.2, -0.15) is 0 Å². The van der Waals surface area contributed by atoms with Gasteiger partial charge in [0.1, 0.15) is 0 Å². The average molecular weight is 344 g/mol. The van der Waals surface area contributed by atoms with Crippen LogP contribution in [0.15, 0.2) is 48.1 Å². The van der Waals surface area contributed by atoms with E-state index in [1.54, 1.807) is 0 Å². The molecule has 0 fully saturated rings. The zero-order valence-corrected chi connectivity index (χ0v) is 14.9. The molecule has 2 aromatic rings. The van der Waals surface area contributed by atoms with E-state index < -0.39 is 0 Å². The van der Waals surface area contributed by atoms with Gasteiger partial charge in [-0.15, -0.1) is 16.8 Å². The minimum absolute atomic E-state index is 0.0329. The van der Waals surface area contributed by atoms with Gasteiger partial charge in [0, 0.05) is 18.7 Å². The summed E-state index contributed by atoms with van der Waals surface area (Å²) in [5, 5.41) is 12.2. The predicted octanol–water partition coefficient (Wildman–Crippen LogP) is 3.53. The number of nitrogens with zero attached hydrogens (tertiary/aromatic N) is 3. The standard InChI is InChI=1S/C18H24N4OS/c1-3-5-9-12-19-16(23)14-24-18-21-20-17(22(18)13-4-2)15-10-7-6-8-11-15/h4,6-8,10-11H,2-3,5,9,12-14H2,1H3,(H,19,23). The van der Waals surface area contributed by atoms with Crippen LogP contribution in [0.3, 0.4) is 0 Å². The number of thioether (sulfide) groups is 1. The van der Waals surface area contributed by atoms with Crippen molar-refractivity contribution in [2.75, 3.05) is 12.3 Å². The highest BCUT2D eigenvalue weighted by molar-refractivity contribution is 7.99. The molecule has 0 aliphatic carbocycles. The van der Waals surface area contributed by atoms with E-state index >= 15 is 0 Å². The number of hydrogen-bond donors (Lipinski definition) is 1. The van der Waals surface area contributed by atoms with Gasteiger partial charge >= 0.3 is 0 Å². The van der Waals surface area contributed by atoms with E-state index in [0.29, 0.717) is 12.3 Å². The summed E-state index contributed by atoms with van der Waals surface area (Å²) in [7, 11) is 0. The molecule has 5 nitrogen and oxygen atoms in total. The number of amides is 1. The Bertz CT molecular complexity index is 654. The molecule has 0 saturated carbocycles. The number of carbonyl (C=O) groups is 1. The molecule has 24 heavy (non-hydrogen) atoms. The Labute approximate surface area is 147 Å². The third kappa shape index (κ3) is 5.23. The molecule has 1 amide bonds. The molecule has 0 saturated heterocycles. The van der Waals surface area contributed by atoms with Crippen LogP contribution >= 0.6 is 11.8 Å². The van der Waals surface area contributed by atoms with E-state index in [9.17, 15) is 4.79 Å². The van der Waals surface area contributed by atoms with Crippen molar-refractivity contribution in [3.63, 3.8) is 0 Å². The van der Waals surface area contributed by atoms with Crippen LogP contribution in [0, 0.1) is 0 Å². The largest absolute Gasteiger partial charge is 0.355 e. The number of rotatable bonds is 10. The summed E-state index contributed by atoms with van der Waals surface area (Å²) in [6.07, 6.45) is 5.13. The Kier molecular flexibility index (Phi) is 7.55. The highest BCUT2D eigenvalue weighted by atomic mass is 32.2. The lowest BCUT2D eigenvalue weighted by molar-refractivity contribution is -0.118. The summed E-state index contributed by atoms with van der Waals surface area (Å²) < 4.78 is 1.98. The minimum Gasteiger partial charge on any atom is -0.355 e. The van der Waals surface area contributed by atoms with Crippen LogP contribution in [0.4, 0.5) is 0 Å². The molecule has 0 radical (unpaired) electrons. The molecule has 1 heterocycles. The molecular weight excluding hydrogens is 320 g/mol. The third-order valence-corrected chi connectivity index (χ3v) is 4.46. The average Bonchev–Trinajstić information content (AvgIpc) is 3.01.